The maximum absolute atomic E-state index is 11.4. The SMILES string of the molecule is CC(=O)Nc1ccccc1/C(=N\N=C(N)N)c1ccccc1. The maximum atomic E-state index is 11.4. The van der Waals surface area contributed by atoms with Crippen molar-refractivity contribution in [2.75, 3.05) is 5.32 Å². The number of para-hydroxylation sites is 1. The molecule has 0 atom stereocenters. The van der Waals surface area contributed by atoms with Gasteiger partial charge in [0.15, 0.2) is 0 Å². The van der Waals surface area contributed by atoms with Gasteiger partial charge in [-0.15, -0.1) is 10.2 Å². The number of nitrogens with one attached hydrogen (secondary N) is 1. The highest BCUT2D eigenvalue weighted by molar-refractivity contribution is 6.17. The molecule has 2 aromatic carbocycles. The molecule has 0 saturated carbocycles. The molecule has 0 aliphatic rings. The van der Waals surface area contributed by atoms with Crippen LogP contribution < -0.4 is 16.8 Å². The number of guanidine groups is 1. The van der Waals surface area contributed by atoms with Gasteiger partial charge in [-0.05, 0) is 6.07 Å². The first-order chi connectivity index (χ1) is 10.6. The van der Waals surface area contributed by atoms with E-state index in [2.05, 4.69) is 15.5 Å². The highest BCUT2D eigenvalue weighted by Gasteiger charge is 2.12. The van der Waals surface area contributed by atoms with Crippen LogP contribution in [0.5, 0.6) is 0 Å². The van der Waals surface area contributed by atoms with Crippen molar-refractivity contribution >= 4 is 23.3 Å². The van der Waals surface area contributed by atoms with E-state index >= 15 is 0 Å². The smallest absolute Gasteiger partial charge is 0.221 e. The molecule has 0 spiro atoms. The number of amides is 1. The predicted octanol–water partition coefficient (Wildman–Crippen LogP) is 1.67. The van der Waals surface area contributed by atoms with E-state index in [1.165, 1.54) is 6.92 Å². The van der Waals surface area contributed by atoms with E-state index in [9.17, 15) is 4.79 Å². The van der Waals surface area contributed by atoms with E-state index < -0.39 is 0 Å². The fourth-order valence-electron chi connectivity index (χ4n) is 1.96. The molecule has 0 aliphatic carbocycles. The van der Waals surface area contributed by atoms with Crippen molar-refractivity contribution in [3.05, 3.63) is 65.7 Å². The minimum absolute atomic E-state index is 0.134. The first kappa shape index (κ1) is 15.2. The van der Waals surface area contributed by atoms with Crippen LogP contribution in [0, 0.1) is 0 Å². The average Bonchev–Trinajstić information content (AvgIpc) is 2.49. The fraction of sp³-hybridized carbons (Fsp3) is 0.0625. The zero-order valence-corrected chi connectivity index (χ0v) is 12.2. The number of hydrogen-bond donors (Lipinski definition) is 3. The molecule has 6 nitrogen and oxygen atoms in total. The van der Waals surface area contributed by atoms with Gasteiger partial charge >= 0.3 is 0 Å². The number of nitrogens with two attached hydrogens (primary N) is 2. The van der Waals surface area contributed by atoms with Gasteiger partial charge in [0.25, 0.3) is 0 Å². The predicted molar refractivity (Wildman–Crippen MR) is 88.6 cm³/mol. The Balaban J connectivity index is 2.58. The number of hydrogen-bond acceptors (Lipinski definition) is 3. The molecule has 22 heavy (non-hydrogen) atoms. The van der Waals surface area contributed by atoms with Crippen molar-refractivity contribution in [1.29, 1.82) is 0 Å². The zero-order chi connectivity index (χ0) is 15.9. The van der Waals surface area contributed by atoms with E-state index in [1.807, 2.05) is 48.5 Å². The van der Waals surface area contributed by atoms with Crippen molar-refractivity contribution < 1.29 is 4.79 Å². The molecule has 5 N–H and O–H groups in total. The molecule has 112 valence electrons. The Morgan fingerprint density at radius 2 is 1.59 bits per heavy atom. The lowest BCUT2D eigenvalue weighted by molar-refractivity contribution is -0.114. The Morgan fingerprint density at radius 3 is 2.23 bits per heavy atom. The minimum atomic E-state index is -0.165. The normalized spacial score (nSPS) is 10.9. The largest absolute Gasteiger partial charge is 0.369 e. The molecular weight excluding hydrogens is 278 g/mol. The van der Waals surface area contributed by atoms with E-state index in [0.717, 1.165) is 11.1 Å². The monoisotopic (exact) mass is 295 g/mol. The number of carbonyl (C=O) groups is 1. The molecule has 0 bridgehead atoms. The molecule has 1 amide bonds. The standard InChI is InChI=1S/C16H17N5O/c1-11(22)19-14-10-6-5-9-13(14)15(20-21-16(17)18)12-7-3-2-4-8-12/h2-10H,1H3,(H,19,22)(H4,17,18,21)/b20-15-. The Morgan fingerprint density at radius 1 is 0.955 bits per heavy atom. The molecule has 0 heterocycles. The second kappa shape index (κ2) is 7.03. The van der Waals surface area contributed by atoms with Crippen LogP contribution >= 0.6 is 0 Å². The van der Waals surface area contributed by atoms with Gasteiger partial charge in [-0.25, -0.2) is 0 Å². The van der Waals surface area contributed by atoms with Crippen LogP contribution in [-0.4, -0.2) is 17.6 Å². The third-order valence-corrected chi connectivity index (χ3v) is 2.81. The van der Waals surface area contributed by atoms with Crippen molar-refractivity contribution in [1.82, 2.24) is 0 Å². The number of carbonyl (C=O) groups excluding carboxylic acids is 1. The summed E-state index contributed by atoms with van der Waals surface area (Å²) in [5.41, 5.74) is 13.5. The molecule has 0 aromatic heterocycles. The third-order valence-electron chi connectivity index (χ3n) is 2.81. The number of nitrogens with zero attached hydrogens (tertiary/aromatic N) is 2. The van der Waals surface area contributed by atoms with E-state index in [1.54, 1.807) is 6.07 Å². The maximum Gasteiger partial charge on any atom is 0.221 e. The fourth-order valence-corrected chi connectivity index (χ4v) is 1.96. The van der Waals surface area contributed by atoms with Crippen LogP contribution in [-0.2, 0) is 4.79 Å². The first-order valence-electron chi connectivity index (χ1n) is 6.67. The summed E-state index contributed by atoms with van der Waals surface area (Å²) in [6, 6.07) is 16.8. The summed E-state index contributed by atoms with van der Waals surface area (Å²) in [6.45, 7) is 1.45. The summed E-state index contributed by atoms with van der Waals surface area (Å²) in [5.74, 6) is -0.299. The minimum Gasteiger partial charge on any atom is -0.369 e. The Hall–Kier alpha value is -3.15. The quantitative estimate of drug-likeness (QED) is 0.454. The van der Waals surface area contributed by atoms with E-state index in [0.29, 0.717) is 11.4 Å². The summed E-state index contributed by atoms with van der Waals surface area (Å²) in [4.78, 5) is 11.4. The summed E-state index contributed by atoms with van der Waals surface area (Å²) in [7, 11) is 0. The summed E-state index contributed by atoms with van der Waals surface area (Å²) in [5, 5.41) is 10.7. The van der Waals surface area contributed by atoms with Gasteiger partial charge in [0.1, 0.15) is 5.71 Å². The van der Waals surface area contributed by atoms with Gasteiger partial charge in [0.05, 0.1) is 5.69 Å². The van der Waals surface area contributed by atoms with Crippen LogP contribution in [0.15, 0.2) is 64.8 Å². The molecule has 2 rings (SSSR count). The van der Waals surface area contributed by atoms with Crippen LogP contribution in [0.4, 0.5) is 5.69 Å². The molecule has 0 saturated heterocycles. The average molecular weight is 295 g/mol. The van der Waals surface area contributed by atoms with Gasteiger partial charge in [-0.3, -0.25) is 4.79 Å². The van der Waals surface area contributed by atoms with E-state index in [-0.39, 0.29) is 11.9 Å². The summed E-state index contributed by atoms with van der Waals surface area (Å²) < 4.78 is 0. The molecule has 0 radical (unpaired) electrons. The van der Waals surface area contributed by atoms with Crippen LogP contribution in [0.2, 0.25) is 0 Å². The lowest BCUT2D eigenvalue weighted by Gasteiger charge is -2.11. The van der Waals surface area contributed by atoms with Gasteiger partial charge in [0, 0.05) is 18.1 Å². The lowest BCUT2D eigenvalue weighted by Crippen LogP contribution is -2.22. The second-order valence-electron chi connectivity index (χ2n) is 4.57. The number of benzene rings is 2. The topological polar surface area (TPSA) is 106 Å². The van der Waals surface area contributed by atoms with Gasteiger partial charge in [0.2, 0.25) is 11.9 Å². The second-order valence-corrected chi connectivity index (χ2v) is 4.57. The van der Waals surface area contributed by atoms with Crippen molar-refractivity contribution in [3.8, 4) is 0 Å². The van der Waals surface area contributed by atoms with Crippen LogP contribution in [0.25, 0.3) is 0 Å². The Bertz CT molecular complexity index is 718. The molecule has 6 heteroatoms. The molecular formula is C16H17N5O. The molecule has 0 unspecified atom stereocenters. The summed E-state index contributed by atoms with van der Waals surface area (Å²) in [6.07, 6.45) is 0. The molecule has 2 aromatic rings. The Labute approximate surface area is 128 Å². The van der Waals surface area contributed by atoms with Crippen molar-refractivity contribution in [2.45, 2.75) is 6.92 Å². The molecule has 0 aliphatic heterocycles. The highest BCUT2D eigenvalue weighted by Crippen LogP contribution is 2.20. The highest BCUT2D eigenvalue weighted by atomic mass is 16.1. The number of anilines is 1. The Kier molecular flexibility index (Phi) is 4.87. The molecule has 0 fully saturated rings. The first-order valence-corrected chi connectivity index (χ1v) is 6.67. The van der Waals surface area contributed by atoms with Gasteiger partial charge in [-0.2, -0.15) is 0 Å². The van der Waals surface area contributed by atoms with Crippen molar-refractivity contribution in [3.63, 3.8) is 0 Å². The zero-order valence-electron chi connectivity index (χ0n) is 12.2. The van der Waals surface area contributed by atoms with Gasteiger partial charge in [-0.1, -0.05) is 48.5 Å². The van der Waals surface area contributed by atoms with Gasteiger partial charge < -0.3 is 16.8 Å². The lowest BCUT2D eigenvalue weighted by atomic mass is 10.0. The van der Waals surface area contributed by atoms with Crippen LogP contribution in [0.3, 0.4) is 0 Å². The summed E-state index contributed by atoms with van der Waals surface area (Å²) >= 11 is 0. The number of rotatable bonds is 4. The third kappa shape index (κ3) is 3.92. The van der Waals surface area contributed by atoms with Crippen LogP contribution in [0.1, 0.15) is 18.1 Å². The van der Waals surface area contributed by atoms with E-state index in [4.69, 9.17) is 11.5 Å². The van der Waals surface area contributed by atoms with Crippen molar-refractivity contribution in [2.24, 2.45) is 21.7 Å².